The molecule has 2 unspecified atom stereocenters. The third-order valence-electron chi connectivity index (χ3n) is 3.02. The van der Waals surface area contributed by atoms with Crippen LogP contribution in [-0.4, -0.2) is 23.6 Å². The molecule has 2 aromatic rings. The molecule has 2 atom stereocenters. The zero-order valence-corrected chi connectivity index (χ0v) is 13.3. The van der Waals surface area contributed by atoms with Crippen molar-refractivity contribution in [2.45, 2.75) is 26.1 Å². The summed E-state index contributed by atoms with van der Waals surface area (Å²) in [6.07, 6.45) is -1.33. The average Bonchev–Trinajstić information content (AvgIpc) is 2.62. The third-order valence-corrected chi connectivity index (χ3v) is 3.02. The lowest BCUT2D eigenvalue weighted by Gasteiger charge is -2.09. The number of aliphatic hydroxyl groups excluding tert-OH is 1. The van der Waals surface area contributed by atoms with Crippen LogP contribution in [-0.2, 0) is 4.74 Å². The second-order valence-electron chi connectivity index (χ2n) is 4.77. The van der Waals surface area contributed by atoms with Gasteiger partial charge in [-0.05, 0) is 19.4 Å². The molecule has 0 aliphatic heterocycles. The van der Waals surface area contributed by atoms with E-state index in [0.29, 0.717) is 17.7 Å². The lowest BCUT2D eigenvalue weighted by atomic mass is 10.0. The van der Waals surface area contributed by atoms with E-state index >= 15 is 0 Å². The number of carbonyl (C=O) groups is 1. The Morgan fingerprint density at radius 3 is 2.09 bits per heavy atom. The first-order valence-corrected chi connectivity index (χ1v) is 7.43. The van der Waals surface area contributed by atoms with Crippen molar-refractivity contribution in [3.8, 4) is 6.07 Å². The number of hydrogen-bond donors (Lipinski definition) is 1. The molecule has 23 heavy (non-hydrogen) atoms. The number of aliphatic hydroxyl groups is 1. The lowest BCUT2D eigenvalue weighted by molar-refractivity contribution is 0.0747. The smallest absolute Gasteiger partial charge is 0.195 e. The Labute approximate surface area is 137 Å². The van der Waals surface area contributed by atoms with Crippen molar-refractivity contribution in [1.82, 2.24) is 0 Å². The van der Waals surface area contributed by atoms with E-state index in [1.807, 2.05) is 25.1 Å². The molecule has 0 aliphatic carbocycles. The molecule has 0 radical (unpaired) electrons. The van der Waals surface area contributed by atoms with Crippen LogP contribution in [0.3, 0.4) is 0 Å². The monoisotopic (exact) mass is 311 g/mol. The number of ether oxygens (including phenoxy) is 1. The van der Waals surface area contributed by atoms with Crippen molar-refractivity contribution in [1.29, 1.82) is 5.26 Å². The Kier molecular flexibility index (Phi) is 8.30. The molecule has 0 heterocycles. The molecule has 0 aromatic heterocycles. The molecule has 1 N–H and O–H groups in total. The van der Waals surface area contributed by atoms with E-state index in [4.69, 9.17) is 10.00 Å². The highest BCUT2D eigenvalue weighted by molar-refractivity contribution is 5.99. The maximum absolute atomic E-state index is 11.9. The largest absolute Gasteiger partial charge is 0.380 e. The Bertz CT molecular complexity index is 620. The molecule has 0 saturated carbocycles. The molecule has 0 saturated heterocycles. The Morgan fingerprint density at radius 1 is 1.13 bits per heavy atom. The number of rotatable bonds is 5. The van der Waals surface area contributed by atoms with Crippen molar-refractivity contribution in [2.75, 3.05) is 6.61 Å². The van der Waals surface area contributed by atoms with Gasteiger partial charge in [0, 0.05) is 12.2 Å². The van der Waals surface area contributed by atoms with Crippen LogP contribution in [0.4, 0.5) is 0 Å². The Hall–Kier alpha value is -2.48. The van der Waals surface area contributed by atoms with Crippen LogP contribution in [0.25, 0.3) is 0 Å². The van der Waals surface area contributed by atoms with Crippen LogP contribution in [0, 0.1) is 11.3 Å². The minimum atomic E-state index is -1.08. The lowest BCUT2D eigenvalue weighted by Crippen LogP contribution is -2.11. The predicted molar refractivity (Wildman–Crippen MR) is 88.9 cm³/mol. The number of hydrogen-bond acceptors (Lipinski definition) is 4. The zero-order chi connectivity index (χ0) is 17.1. The van der Waals surface area contributed by atoms with E-state index in [9.17, 15) is 9.90 Å². The fraction of sp³-hybridized carbons (Fsp3) is 0.263. The van der Waals surface area contributed by atoms with Crippen LogP contribution >= 0.6 is 0 Å². The van der Waals surface area contributed by atoms with Crippen LogP contribution < -0.4 is 0 Å². The van der Waals surface area contributed by atoms with Crippen molar-refractivity contribution >= 4 is 5.78 Å². The third kappa shape index (κ3) is 6.43. The zero-order valence-electron chi connectivity index (χ0n) is 13.3. The number of benzene rings is 2. The molecule has 0 aliphatic rings. The summed E-state index contributed by atoms with van der Waals surface area (Å²) in [5.41, 5.74) is 1.15. The molecule has 2 aromatic carbocycles. The molecule has 0 bridgehead atoms. The van der Waals surface area contributed by atoms with Crippen molar-refractivity contribution < 1.29 is 14.6 Å². The van der Waals surface area contributed by atoms with Crippen LogP contribution in [0.15, 0.2) is 60.7 Å². The first-order valence-electron chi connectivity index (χ1n) is 7.43. The summed E-state index contributed by atoms with van der Waals surface area (Å²) in [5, 5.41) is 18.0. The first kappa shape index (κ1) is 18.6. The summed E-state index contributed by atoms with van der Waals surface area (Å²) in [7, 11) is 0. The number of nitrogens with zero attached hydrogens (tertiary/aromatic N) is 1. The number of Topliss-reactive ketones (excluding diaryl/α,β-unsaturated/α-hetero) is 1. The highest BCUT2D eigenvalue weighted by Crippen LogP contribution is 2.17. The Morgan fingerprint density at radius 2 is 1.65 bits per heavy atom. The Balaban J connectivity index is 0.000000322. The number of ketones is 1. The standard InChI is InChI=1S/C14H12O2.C5H9NO/c15-13(11-7-3-1-4-8-11)14(16)12-9-5-2-6-10-12;1-3-7-5(2)4-6/h1-10,13,15H;5H,3H2,1-2H3. The second kappa shape index (κ2) is 10.3. The van der Waals surface area contributed by atoms with Crippen molar-refractivity contribution in [2.24, 2.45) is 0 Å². The van der Waals surface area contributed by atoms with Gasteiger partial charge in [0.05, 0.1) is 6.07 Å². The summed E-state index contributed by atoms with van der Waals surface area (Å²) in [4.78, 5) is 11.9. The summed E-state index contributed by atoms with van der Waals surface area (Å²) in [6, 6.07) is 19.7. The van der Waals surface area contributed by atoms with Crippen molar-refractivity contribution in [3.05, 3.63) is 71.8 Å². The molecule has 0 amide bonds. The molecule has 0 fully saturated rings. The fourth-order valence-corrected chi connectivity index (χ4v) is 1.83. The van der Waals surface area contributed by atoms with Crippen LogP contribution in [0.5, 0.6) is 0 Å². The predicted octanol–water partition coefficient (Wildman–Crippen LogP) is 3.54. The maximum atomic E-state index is 11.9. The van der Waals surface area contributed by atoms with Gasteiger partial charge in [-0.1, -0.05) is 60.7 Å². The molecule has 0 spiro atoms. The van der Waals surface area contributed by atoms with Gasteiger partial charge in [-0.3, -0.25) is 4.79 Å². The summed E-state index contributed by atoms with van der Waals surface area (Å²) >= 11 is 0. The molecular formula is C19H21NO3. The molecular weight excluding hydrogens is 290 g/mol. The second-order valence-corrected chi connectivity index (χ2v) is 4.77. The minimum absolute atomic E-state index is 0.245. The van der Waals surface area contributed by atoms with Crippen LogP contribution in [0.1, 0.15) is 35.9 Å². The topological polar surface area (TPSA) is 70.3 Å². The SMILES string of the molecule is CCOC(C)C#N.O=C(c1ccccc1)C(O)c1ccccc1. The summed E-state index contributed by atoms with van der Waals surface area (Å²) < 4.78 is 4.83. The van der Waals surface area contributed by atoms with E-state index in [-0.39, 0.29) is 11.9 Å². The van der Waals surface area contributed by atoms with Gasteiger partial charge in [0.15, 0.2) is 5.78 Å². The van der Waals surface area contributed by atoms with E-state index in [1.165, 1.54) is 0 Å². The molecule has 120 valence electrons. The first-order chi connectivity index (χ1) is 11.1. The van der Waals surface area contributed by atoms with Gasteiger partial charge in [0.25, 0.3) is 0 Å². The van der Waals surface area contributed by atoms with Gasteiger partial charge in [0.1, 0.15) is 12.2 Å². The van der Waals surface area contributed by atoms with Gasteiger partial charge in [-0.15, -0.1) is 0 Å². The average molecular weight is 311 g/mol. The minimum Gasteiger partial charge on any atom is -0.380 e. The van der Waals surface area contributed by atoms with E-state index in [1.54, 1.807) is 55.5 Å². The maximum Gasteiger partial charge on any atom is 0.195 e. The molecule has 2 rings (SSSR count). The van der Waals surface area contributed by atoms with E-state index in [0.717, 1.165) is 0 Å². The number of carbonyl (C=O) groups excluding carboxylic acids is 1. The highest BCUT2D eigenvalue weighted by atomic mass is 16.5. The van der Waals surface area contributed by atoms with Gasteiger partial charge >= 0.3 is 0 Å². The van der Waals surface area contributed by atoms with Crippen molar-refractivity contribution in [3.63, 3.8) is 0 Å². The van der Waals surface area contributed by atoms with Gasteiger partial charge in [-0.2, -0.15) is 5.26 Å². The fourth-order valence-electron chi connectivity index (χ4n) is 1.83. The van der Waals surface area contributed by atoms with Gasteiger partial charge in [0.2, 0.25) is 0 Å². The molecule has 4 heteroatoms. The summed E-state index contributed by atoms with van der Waals surface area (Å²) in [5.74, 6) is -0.271. The van der Waals surface area contributed by atoms with Crippen LogP contribution in [0.2, 0.25) is 0 Å². The number of nitriles is 1. The van der Waals surface area contributed by atoms with Gasteiger partial charge in [-0.25, -0.2) is 0 Å². The normalized spacial score (nSPS) is 12.3. The molecule has 4 nitrogen and oxygen atoms in total. The quantitative estimate of drug-likeness (QED) is 0.857. The van der Waals surface area contributed by atoms with E-state index in [2.05, 4.69) is 0 Å². The summed E-state index contributed by atoms with van der Waals surface area (Å²) in [6.45, 7) is 4.21. The van der Waals surface area contributed by atoms with E-state index < -0.39 is 6.10 Å². The van der Waals surface area contributed by atoms with Gasteiger partial charge < -0.3 is 9.84 Å². The highest BCUT2D eigenvalue weighted by Gasteiger charge is 2.18.